The summed E-state index contributed by atoms with van der Waals surface area (Å²) in [6, 6.07) is 5.82. The molecule has 19 heavy (non-hydrogen) atoms. The second kappa shape index (κ2) is 9.61. The number of rotatable bonds is 10. The van der Waals surface area contributed by atoms with E-state index in [0.717, 1.165) is 17.9 Å². The lowest BCUT2D eigenvalue weighted by Crippen LogP contribution is -2.19. The van der Waals surface area contributed by atoms with Crippen LogP contribution >= 0.6 is 0 Å². The van der Waals surface area contributed by atoms with Gasteiger partial charge in [-0.25, -0.2) is 0 Å². The maximum absolute atomic E-state index is 5.64. The van der Waals surface area contributed by atoms with Gasteiger partial charge in [-0.3, -0.25) is 0 Å². The van der Waals surface area contributed by atoms with E-state index >= 15 is 0 Å². The van der Waals surface area contributed by atoms with Crippen molar-refractivity contribution in [1.29, 1.82) is 0 Å². The van der Waals surface area contributed by atoms with E-state index in [4.69, 9.17) is 18.9 Å². The highest BCUT2D eigenvalue weighted by Gasteiger charge is 2.10. The molecule has 5 nitrogen and oxygen atoms in total. The standard InChI is InChI=1S/C14H23NO4/c1-4-18-11-19-14-12(10-15-8-9-16-2)6-5-7-13(14)17-3/h5-7,15H,4,8-11H2,1-3H3. The minimum absolute atomic E-state index is 0.224. The summed E-state index contributed by atoms with van der Waals surface area (Å²) in [6.07, 6.45) is 0. The Kier molecular flexibility index (Phi) is 7.97. The van der Waals surface area contributed by atoms with Gasteiger partial charge in [-0.05, 0) is 13.0 Å². The van der Waals surface area contributed by atoms with Gasteiger partial charge in [0.1, 0.15) is 0 Å². The summed E-state index contributed by atoms with van der Waals surface area (Å²) >= 11 is 0. The van der Waals surface area contributed by atoms with Crippen molar-refractivity contribution in [3.63, 3.8) is 0 Å². The lowest BCUT2D eigenvalue weighted by molar-refractivity contribution is 0.0202. The SMILES string of the molecule is CCOCOc1c(CNCCOC)cccc1OC. The summed E-state index contributed by atoms with van der Waals surface area (Å²) < 4.78 is 21.2. The number of benzene rings is 1. The molecule has 0 aromatic heterocycles. The fourth-order valence-electron chi connectivity index (χ4n) is 1.61. The Morgan fingerprint density at radius 1 is 1.21 bits per heavy atom. The summed E-state index contributed by atoms with van der Waals surface area (Å²) in [6.45, 7) is 4.94. The normalized spacial score (nSPS) is 10.5. The third-order valence-electron chi connectivity index (χ3n) is 2.57. The molecule has 0 heterocycles. The first-order valence-corrected chi connectivity index (χ1v) is 6.39. The van der Waals surface area contributed by atoms with E-state index in [1.807, 2.05) is 25.1 Å². The van der Waals surface area contributed by atoms with Crippen molar-refractivity contribution >= 4 is 0 Å². The summed E-state index contributed by atoms with van der Waals surface area (Å²) in [7, 11) is 3.31. The average molecular weight is 269 g/mol. The van der Waals surface area contributed by atoms with Gasteiger partial charge in [0.15, 0.2) is 18.3 Å². The van der Waals surface area contributed by atoms with Crippen molar-refractivity contribution in [2.45, 2.75) is 13.5 Å². The van der Waals surface area contributed by atoms with Gasteiger partial charge in [-0.2, -0.15) is 0 Å². The Hall–Kier alpha value is -1.30. The predicted molar refractivity (Wildman–Crippen MR) is 73.7 cm³/mol. The third-order valence-corrected chi connectivity index (χ3v) is 2.57. The minimum atomic E-state index is 0.224. The van der Waals surface area contributed by atoms with Crippen LogP contribution in [0.3, 0.4) is 0 Å². The summed E-state index contributed by atoms with van der Waals surface area (Å²) in [4.78, 5) is 0. The highest BCUT2D eigenvalue weighted by Crippen LogP contribution is 2.31. The van der Waals surface area contributed by atoms with Gasteiger partial charge in [-0.1, -0.05) is 12.1 Å². The molecule has 0 fully saturated rings. The van der Waals surface area contributed by atoms with Crippen LogP contribution in [0.5, 0.6) is 11.5 Å². The lowest BCUT2D eigenvalue weighted by Gasteiger charge is -2.15. The van der Waals surface area contributed by atoms with E-state index in [1.54, 1.807) is 14.2 Å². The maximum atomic E-state index is 5.64. The Labute approximate surface area is 114 Å². The van der Waals surface area contributed by atoms with Crippen LogP contribution in [-0.4, -0.2) is 40.8 Å². The molecule has 0 saturated carbocycles. The van der Waals surface area contributed by atoms with Crippen LogP contribution in [0, 0.1) is 0 Å². The van der Waals surface area contributed by atoms with Gasteiger partial charge in [0, 0.05) is 32.4 Å². The molecule has 0 bridgehead atoms. The zero-order valence-corrected chi connectivity index (χ0v) is 11.9. The molecule has 0 saturated heterocycles. The highest BCUT2D eigenvalue weighted by atomic mass is 16.7. The summed E-state index contributed by atoms with van der Waals surface area (Å²) in [5.74, 6) is 1.44. The second-order valence-corrected chi connectivity index (χ2v) is 3.87. The molecular weight excluding hydrogens is 246 g/mol. The quantitative estimate of drug-likeness (QED) is 0.518. The summed E-state index contributed by atoms with van der Waals surface area (Å²) in [5, 5.41) is 3.28. The van der Waals surface area contributed by atoms with E-state index in [1.165, 1.54) is 0 Å². The smallest absolute Gasteiger partial charge is 0.189 e. The molecule has 0 amide bonds. The molecule has 1 aromatic rings. The molecule has 1 N–H and O–H groups in total. The molecule has 0 aliphatic carbocycles. The predicted octanol–water partition coefficient (Wildman–Crippen LogP) is 1.80. The fraction of sp³-hybridized carbons (Fsp3) is 0.571. The average Bonchev–Trinajstić information content (AvgIpc) is 2.44. The monoisotopic (exact) mass is 269 g/mol. The van der Waals surface area contributed by atoms with Crippen LogP contribution in [0.15, 0.2) is 18.2 Å². The number of nitrogens with one attached hydrogen (secondary N) is 1. The summed E-state index contributed by atoms with van der Waals surface area (Å²) in [5.41, 5.74) is 1.04. The fourth-order valence-corrected chi connectivity index (χ4v) is 1.61. The minimum Gasteiger partial charge on any atom is -0.493 e. The molecule has 1 rings (SSSR count). The Morgan fingerprint density at radius 2 is 2.05 bits per heavy atom. The molecule has 108 valence electrons. The lowest BCUT2D eigenvalue weighted by atomic mass is 10.2. The van der Waals surface area contributed by atoms with Crippen molar-refractivity contribution in [1.82, 2.24) is 5.32 Å². The molecule has 0 aliphatic rings. The van der Waals surface area contributed by atoms with Gasteiger partial charge in [0.05, 0.1) is 13.7 Å². The molecule has 0 aliphatic heterocycles. The van der Waals surface area contributed by atoms with Crippen molar-refractivity contribution in [2.75, 3.05) is 40.8 Å². The maximum Gasteiger partial charge on any atom is 0.189 e. The van der Waals surface area contributed by atoms with Crippen LogP contribution in [0.2, 0.25) is 0 Å². The molecule has 5 heteroatoms. The Balaban J connectivity index is 2.65. The molecule has 0 spiro atoms. The van der Waals surface area contributed by atoms with Gasteiger partial charge in [-0.15, -0.1) is 0 Å². The van der Waals surface area contributed by atoms with Crippen molar-refractivity contribution in [3.8, 4) is 11.5 Å². The number of ether oxygens (including phenoxy) is 4. The zero-order chi connectivity index (χ0) is 13.9. The molecular formula is C14H23NO4. The first-order valence-electron chi connectivity index (χ1n) is 6.39. The van der Waals surface area contributed by atoms with E-state index in [9.17, 15) is 0 Å². The highest BCUT2D eigenvalue weighted by molar-refractivity contribution is 5.46. The van der Waals surface area contributed by atoms with E-state index in [2.05, 4.69) is 5.32 Å². The van der Waals surface area contributed by atoms with E-state index < -0.39 is 0 Å². The zero-order valence-electron chi connectivity index (χ0n) is 11.9. The van der Waals surface area contributed by atoms with Crippen molar-refractivity contribution in [2.24, 2.45) is 0 Å². The first kappa shape index (κ1) is 15.8. The van der Waals surface area contributed by atoms with Crippen LogP contribution < -0.4 is 14.8 Å². The second-order valence-electron chi connectivity index (χ2n) is 3.87. The van der Waals surface area contributed by atoms with Crippen LogP contribution in [-0.2, 0) is 16.0 Å². The number of hydrogen-bond donors (Lipinski definition) is 1. The third kappa shape index (κ3) is 5.46. The van der Waals surface area contributed by atoms with Crippen LogP contribution in [0.4, 0.5) is 0 Å². The van der Waals surface area contributed by atoms with Crippen LogP contribution in [0.1, 0.15) is 12.5 Å². The largest absolute Gasteiger partial charge is 0.493 e. The molecule has 0 unspecified atom stereocenters. The first-order chi connectivity index (χ1) is 9.33. The number of para-hydroxylation sites is 1. The van der Waals surface area contributed by atoms with Gasteiger partial charge < -0.3 is 24.3 Å². The molecule has 0 radical (unpaired) electrons. The van der Waals surface area contributed by atoms with E-state index in [-0.39, 0.29) is 6.79 Å². The molecule has 1 aromatic carbocycles. The van der Waals surface area contributed by atoms with Crippen molar-refractivity contribution in [3.05, 3.63) is 23.8 Å². The topological polar surface area (TPSA) is 49.0 Å². The van der Waals surface area contributed by atoms with Crippen molar-refractivity contribution < 1.29 is 18.9 Å². The van der Waals surface area contributed by atoms with E-state index in [0.29, 0.717) is 25.5 Å². The van der Waals surface area contributed by atoms with Gasteiger partial charge in [0.2, 0.25) is 0 Å². The number of methoxy groups -OCH3 is 2. The Bertz CT molecular complexity index is 357. The van der Waals surface area contributed by atoms with Gasteiger partial charge >= 0.3 is 0 Å². The molecule has 0 atom stereocenters. The number of hydrogen-bond acceptors (Lipinski definition) is 5. The van der Waals surface area contributed by atoms with Crippen LogP contribution in [0.25, 0.3) is 0 Å². The van der Waals surface area contributed by atoms with Gasteiger partial charge in [0.25, 0.3) is 0 Å². The Morgan fingerprint density at radius 3 is 2.74 bits per heavy atom.